The maximum absolute atomic E-state index is 3.53. The zero-order chi connectivity index (χ0) is 14.4. The molecular formula is C18H24N2. The molecule has 0 unspecified atom stereocenters. The van der Waals surface area contributed by atoms with Crippen molar-refractivity contribution in [3.8, 4) is 0 Å². The minimum atomic E-state index is 1.01. The van der Waals surface area contributed by atoms with E-state index in [2.05, 4.69) is 79.8 Å². The summed E-state index contributed by atoms with van der Waals surface area (Å²) >= 11 is 0. The predicted molar refractivity (Wildman–Crippen MR) is 88.8 cm³/mol. The van der Waals surface area contributed by atoms with Gasteiger partial charge in [-0.25, -0.2) is 0 Å². The van der Waals surface area contributed by atoms with Gasteiger partial charge in [0.05, 0.1) is 0 Å². The maximum Gasteiger partial charge on any atom is 0.0371 e. The van der Waals surface area contributed by atoms with Gasteiger partial charge in [0.2, 0.25) is 0 Å². The standard InChI is InChI=1S/C18H24N2/c1-15-14-17(20(2)3)11-12-18(15)19-13-7-10-16-8-5-4-6-9-16/h4-6,8-9,11-12,14,19H,7,10,13H2,1-3H3. The molecule has 2 nitrogen and oxygen atoms in total. The van der Waals surface area contributed by atoms with Crippen molar-refractivity contribution in [3.05, 3.63) is 59.7 Å². The maximum atomic E-state index is 3.53. The van der Waals surface area contributed by atoms with E-state index in [1.165, 1.54) is 22.5 Å². The predicted octanol–water partition coefficient (Wildman–Crippen LogP) is 4.11. The van der Waals surface area contributed by atoms with Crippen LogP contribution in [0.15, 0.2) is 48.5 Å². The van der Waals surface area contributed by atoms with Crippen LogP contribution in [0.3, 0.4) is 0 Å². The van der Waals surface area contributed by atoms with Crippen LogP contribution in [0.1, 0.15) is 17.5 Å². The summed E-state index contributed by atoms with van der Waals surface area (Å²) in [4.78, 5) is 2.13. The Bertz CT molecular complexity index is 532. The Morgan fingerprint density at radius 3 is 2.40 bits per heavy atom. The van der Waals surface area contributed by atoms with Crippen molar-refractivity contribution in [2.24, 2.45) is 0 Å². The van der Waals surface area contributed by atoms with Gasteiger partial charge in [-0.05, 0) is 49.1 Å². The van der Waals surface area contributed by atoms with E-state index in [-0.39, 0.29) is 0 Å². The molecule has 0 aliphatic carbocycles. The molecule has 0 spiro atoms. The molecular weight excluding hydrogens is 244 g/mol. The van der Waals surface area contributed by atoms with Crippen molar-refractivity contribution >= 4 is 11.4 Å². The Labute approximate surface area is 122 Å². The van der Waals surface area contributed by atoms with Crippen molar-refractivity contribution < 1.29 is 0 Å². The monoisotopic (exact) mass is 268 g/mol. The second-order valence-corrected chi connectivity index (χ2v) is 5.41. The molecule has 2 rings (SSSR count). The lowest BCUT2D eigenvalue weighted by Crippen LogP contribution is -2.10. The molecule has 2 aromatic carbocycles. The van der Waals surface area contributed by atoms with E-state index in [9.17, 15) is 0 Å². The summed E-state index contributed by atoms with van der Waals surface area (Å²) < 4.78 is 0. The smallest absolute Gasteiger partial charge is 0.0371 e. The van der Waals surface area contributed by atoms with Crippen LogP contribution >= 0.6 is 0 Å². The van der Waals surface area contributed by atoms with Gasteiger partial charge in [0.15, 0.2) is 0 Å². The Balaban J connectivity index is 1.82. The molecule has 2 aromatic rings. The van der Waals surface area contributed by atoms with E-state index in [1.807, 2.05) is 0 Å². The Morgan fingerprint density at radius 1 is 1.00 bits per heavy atom. The highest BCUT2D eigenvalue weighted by molar-refractivity contribution is 5.59. The van der Waals surface area contributed by atoms with Gasteiger partial charge in [-0.1, -0.05) is 30.3 Å². The largest absolute Gasteiger partial charge is 0.385 e. The Hall–Kier alpha value is -1.96. The fourth-order valence-electron chi connectivity index (χ4n) is 2.28. The zero-order valence-electron chi connectivity index (χ0n) is 12.7. The van der Waals surface area contributed by atoms with Gasteiger partial charge in [-0.15, -0.1) is 0 Å². The first-order chi connectivity index (χ1) is 9.66. The molecule has 0 aliphatic rings. The Kier molecular flexibility index (Phi) is 5.05. The van der Waals surface area contributed by atoms with Gasteiger partial charge >= 0.3 is 0 Å². The number of hydrogen-bond donors (Lipinski definition) is 1. The van der Waals surface area contributed by atoms with Gasteiger partial charge in [-0.3, -0.25) is 0 Å². The van der Waals surface area contributed by atoms with Crippen molar-refractivity contribution in [3.63, 3.8) is 0 Å². The molecule has 0 aliphatic heterocycles. The average Bonchev–Trinajstić information content (AvgIpc) is 2.46. The summed E-state index contributed by atoms with van der Waals surface area (Å²) in [5.41, 5.74) is 5.20. The lowest BCUT2D eigenvalue weighted by molar-refractivity contribution is 0.862. The van der Waals surface area contributed by atoms with Crippen LogP contribution in [-0.4, -0.2) is 20.6 Å². The highest BCUT2D eigenvalue weighted by atomic mass is 15.1. The SMILES string of the molecule is Cc1cc(N(C)C)ccc1NCCCc1ccccc1. The lowest BCUT2D eigenvalue weighted by atomic mass is 10.1. The van der Waals surface area contributed by atoms with Crippen LogP contribution in [0.4, 0.5) is 11.4 Å². The highest BCUT2D eigenvalue weighted by Crippen LogP contribution is 2.21. The van der Waals surface area contributed by atoms with E-state index in [0.717, 1.165) is 19.4 Å². The summed E-state index contributed by atoms with van der Waals surface area (Å²) in [6, 6.07) is 17.2. The van der Waals surface area contributed by atoms with Gasteiger partial charge in [0.25, 0.3) is 0 Å². The topological polar surface area (TPSA) is 15.3 Å². The third-order valence-corrected chi connectivity index (χ3v) is 3.53. The molecule has 1 N–H and O–H groups in total. The molecule has 0 saturated carbocycles. The number of rotatable bonds is 6. The molecule has 2 heteroatoms. The molecule has 0 radical (unpaired) electrons. The summed E-state index contributed by atoms with van der Waals surface area (Å²) in [6.07, 6.45) is 2.28. The molecule has 0 heterocycles. The summed E-state index contributed by atoms with van der Waals surface area (Å²) in [6.45, 7) is 3.17. The normalized spacial score (nSPS) is 10.3. The van der Waals surface area contributed by atoms with Crippen LogP contribution in [0.25, 0.3) is 0 Å². The van der Waals surface area contributed by atoms with E-state index in [0.29, 0.717) is 0 Å². The minimum Gasteiger partial charge on any atom is -0.385 e. The lowest BCUT2D eigenvalue weighted by Gasteiger charge is -2.16. The summed E-state index contributed by atoms with van der Waals surface area (Å²) in [7, 11) is 4.14. The number of nitrogens with zero attached hydrogens (tertiary/aromatic N) is 1. The van der Waals surface area contributed by atoms with Crippen LogP contribution in [0, 0.1) is 6.92 Å². The first-order valence-electron chi connectivity index (χ1n) is 7.22. The molecule has 0 fully saturated rings. The second-order valence-electron chi connectivity index (χ2n) is 5.41. The van der Waals surface area contributed by atoms with E-state index >= 15 is 0 Å². The number of hydrogen-bond acceptors (Lipinski definition) is 2. The first-order valence-corrected chi connectivity index (χ1v) is 7.22. The average molecular weight is 268 g/mol. The summed E-state index contributed by atoms with van der Waals surface area (Å²) in [5.74, 6) is 0. The van der Waals surface area contributed by atoms with Crippen LogP contribution in [0.5, 0.6) is 0 Å². The third-order valence-electron chi connectivity index (χ3n) is 3.53. The third kappa shape index (κ3) is 4.02. The van der Waals surface area contributed by atoms with Crippen molar-refractivity contribution in [1.82, 2.24) is 0 Å². The Morgan fingerprint density at radius 2 is 1.75 bits per heavy atom. The first kappa shape index (κ1) is 14.4. The molecule has 0 atom stereocenters. The molecule has 106 valence electrons. The number of benzene rings is 2. The minimum absolute atomic E-state index is 1.01. The van der Waals surface area contributed by atoms with Crippen molar-refractivity contribution in [2.45, 2.75) is 19.8 Å². The van der Waals surface area contributed by atoms with Crippen LogP contribution < -0.4 is 10.2 Å². The fraction of sp³-hybridized carbons (Fsp3) is 0.333. The van der Waals surface area contributed by atoms with Gasteiger partial charge < -0.3 is 10.2 Å². The van der Waals surface area contributed by atoms with E-state index < -0.39 is 0 Å². The molecule has 20 heavy (non-hydrogen) atoms. The van der Waals surface area contributed by atoms with Crippen LogP contribution in [-0.2, 0) is 6.42 Å². The van der Waals surface area contributed by atoms with Gasteiger partial charge in [0, 0.05) is 32.0 Å². The highest BCUT2D eigenvalue weighted by Gasteiger charge is 2.01. The number of anilines is 2. The molecule has 0 bridgehead atoms. The fourth-order valence-corrected chi connectivity index (χ4v) is 2.28. The number of aryl methyl sites for hydroxylation is 2. The molecule has 0 saturated heterocycles. The second kappa shape index (κ2) is 6.99. The zero-order valence-corrected chi connectivity index (χ0v) is 12.7. The van der Waals surface area contributed by atoms with Gasteiger partial charge in [-0.2, -0.15) is 0 Å². The van der Waals surface area contributed by atoms with E-state index in [1.54, 1.807) is 0 Å². The van der Waals surface area contributed by atoms with Gasteiger partial charge in [0.1, 0.15) is 0 Å². The van der Waals surface area contributed by atoms with E-state index in [4.69, 9.17) is 0 Å². The van der Waals surface area contributed by atoms with Crippen molar-refractivity contribution in [2.75, 3.05) is 30.9 Å². The quantitative estimate of drug-likeness (QED) is 0.793. The number of nitrogens with one attached hydrogen (secondary N) is 1. The van der Waals surface area contributed by atoms with Crippen molar-refractivity contribution in [1.29, 1.82) is 0 Å². The molecule has 0 amide bonds. The van der Waals surface area contributed by atoms with Crippen LogP contribution in [0.2, 0.25) is 0 Å². The molecule has 0 aromatic heterocycles. The summed E-state index contributed by atoms with van der Waals surface area (Å²) in [5, 5.41) is 3.53.